The van der Waals surface area contributed by atoms with Gasteiger partial charge < -0.3 is 29.0 Å². The second-order valence-electron chi connectivity index (χ2n) is 21.5. The van der Waals surface area contributed by atoms with Crippen LogP contribution >= 0.6 is 0 Å². The first-order valence-corrected chi connectivity index (χ1v) is 27.2. The zero-order valence-corrected chi connectivity index (χ0v) is 42.1. The van der Waals surface area contributed by atoms with Gasteiger partial charge in [0.05, 0.1) is 51.8 Å². The molecule has 4 rings (SSSR count). The number of unbranched alkanes of at least 4 members (excludes halogenated alkanes) is 12. The van der Waals surface area contributed by atoms with Crippen LogP contribution in [0.15, 0.2) is 23.8 Å². The van der Waals surface area contributed by atoms with E-state index >= 15 is 0 Å². The van der Waals surface area contributed by atoms with Gasteiger partial charge >= 0.3 is 0 Å². The Hall–Kier alpha value is -0.760. The van der Waals surface area contributed by atoms with Gasteiger partial charge in [-0.2, -0.15) is 0 Å². The minimum Gasteiger partial charge on any atom is -0.380 e. The van der Waals surface area contributed by atoms with E-state index in [1.807, 2.05) is 6.92 Å². The Morgan fingerprint density at radius 2 is 1.42 bits per heavy atom. The molecule has 0 heterocycles. The van der Waals surface area contributed by atoms with Crippen LogP contribution in [0.5, 0.6) is 0 Å². The molecule has 0 spiro atoms. The van der Waals surface area contributed by atoms with Crippen LogP contribution in [0.25, 0.3) is 0 Å². The van der Waals surface area contributed by atoms with E-state index in [1.54, 1.807) is 5.57 Å². The van der Waals surface area contributed by atoms with Gasteiger partial charge in [0.15, 0.2) is 0 Å². The first kappa shape index (κ1) is 53.9. The summed E-state index contributed by atoms with van der Waals surface area (Å²) < 4.78 is 30.4. The Kier molecular flexibility index (Phi) is 27.1. The summed E-state index contributed by atoms with van der Waals surface area (Å²) in [4.78, 5) is 0. The molecule has 0 aliphatic heterocycles. The molecule has 0 bridgehead atoms. The lowest BCUT2D eigenvalue weighted by molar-refractivity contribution is -0.0715. The molecule has 0 aromatic heterocycles. The van der Waals surface area contributed by atoms with Crippen molar-refractivity contribution in [2.75, 3.05) is 65.9 Å². The smallest absolute Gasteiger partial charge is 0.0933 e. The van der Waals surface area contributed by atoms with Gasteiger partial charge in [-0.25, -0.2) is 0 Å². The van der Waals surface area contributed by atoms with Crippen molar-refractivity contribution in [3.8, 4) is 0 Å². The van der Waals surface area contributed by atoms with Crippen molar-refractivity contribution < 1.29 is 23.7 Å². The number of hydrogen-bond donors (Lipinski definition) is 1. The van der Waals surface area contributed by atoms with Crippen LogP contribution < -0.4 is 5.32 Å². The van der Waals surface area contributed by atoms with E-state index in [4.69, 9.17) is 23.7 Å². The molecule has 62 heavy (non-hydrogen) atoms. The van der Waals surface area contributed by atoms with Gasteiger partial charge in [0.1, 0.15) is 0 Å². The molecule has 0 aromatic rings. The van der Waals surface area contributed by atoms with E-state index in [1.165, 1.54) is 148 Å². The maximum atomic E-state index is 6.49. The normalized spacial score (nSPS) is 28.3. The predicted molar refractivity (Wildman–Crippen MR) is 263 cm³/mol. The molecule has 3 fully saturated rings. The highest BCUT2D eigenvalue weighted by molar-refractivity contribution is 5.25. The van der Waals surface area contributed by atoms with Crippen LogP contribution in [0.1, 0.15) is 209 Å². The van der Waals surface area contributed by atoms with Crippen molar-refractivity contribution in [1.29, 1.82) is 0 Å². The summed E-state index contributed by atoms with van der Waals surface area (Å²) in [7, 11) is 0. The molecular formula is C56H103NO5. The van der Waals surface area contributed by atoms with E-state index in [0.29, 0.717) is 50.0 Å². The van der Waals surface area contributed by atoms with Gasteiger partial charge in [-0.1, -0.05) is 142 Å². The highest BCUT2D eigenvalue weighted by Gasteiger charge is 2.59. The molecule has 0 radical (unpaired) electrons. The van der Waals surface area contributed by atoms with E-state index in [0.717, 1.165) is 81.3 Å². The lowest BCUT2D eigenvalue weighted by Crippen LogP contribution is -2.51. The van der Waals surface area contributed by atoms with E-state index in [9.17, 15) is 0 Å². The third-order valence-corrected chi connectivity index (χ3v) is 16.5. The molecule has 9 atom stereocenters. The van der Waals surface area contributed by atoms with Gasteiger partial charge in [0, 0.05) is 26.3 Å². The van der Waals surface area contributed by atoms with Gasteiger partial charge in [-0.3, -0.25) is 0 Å². The maximum Gasteiger partial charge on any atom is 0.0933 e. The first-order valence-electron chi connectivity index (χ1n) is 27.2. The third-order valence-electron chi connectivity index (χ3n) is 16.5. The second kappa shape index (κ2) is 31.3. The minimum absolute atomic E-state index is 0.0154. The number of fused-ring (bicyclic) bond motifs is 5. The maximum absolute atomic E-state index is 6.49. The second-order valence-corrected chi connectivity index (χ2v) is 21.5. The van der Waals surface area contributed by atoms with Crippen molar-refractivity contribution in [2.24, 2.45) is 46.3 Å². The molecule has 6 heteroatoms. The molecule has 0 aromatic carbocycles. The minimum atomic E-state index is 0.0154. The fraction of sp³-hybridized carbons (Fsp3) is 0.929. The number of allylic oxidation sites excluding steroid dienone is 3. The summed E-state index contributed by atoms with van der Waals surface area (Å²) in [5.74, 6) is 5.33. The topological polar surface area (TPSA) is 58.2 Å². The van der Waals surface area contributed by atoms with Crippen LogP contribution in [0, 0.1) is 46.3 Å². The highest BCUT2D eigenvalue weighted by atomic mass is 16.6. The Morgan fingerprint density at radius 3 is 2.16 bits per heavy atom. The average molecular weight is 870 g/mol. The number of nitrogens with one attached hydrogen (secondary N) is 1. The number of ether oxygens (including phenoxy) is 5. The number of rotatable bonds is 37. The van der Waals surface area contributed by atoms with Crippen molar-refractivity contribution in [3.05, 3.63) is 23.8 Å². The van der Waals surface area contributed by atoms with Crippen LogP contribution in [0.4, 0.5) is 0 Å². The SMILES string of the molecule is CCCCCCCC/C=C\CCCCCCCCOCC(CNCCOCC)OCCOCCO[C@H]1CC[C@@]2(C)C(=CC[C@@H]3C2CC[C@@]2(C)C3CC[C@@H]2[C@H](C)CCCC(C)C)C1. The molecule has 3 saturated carbocycles. The Bertz CT molecular complexity index is 1190. The summed E-state index contributed by atoms with van der Waals surface area (Å²) in [5.41, 5.74) is 2.66. The Balaban J connectivity index is 1.04. The fourth-order valence-electron chi connectivity index (χ4n) is 12.8. The van der Waals surface area contributed by atoms with Gasteiger partial charge in [-0.15, -0.1) is 0 Å². The quantitative estimate of drug-likeness (QED) is 0.0496. The fourth-order valence-corrected chi connectivity index (χ4v) is 12.8. The molecule has 362 valence electrons. The highest BCUT2D eigenvalue weighted by Crippen LogP contribution is 2.67. The summed E-state index contributed by atoms with van der Waals surface area (Å²) in [6, 6.07) is 0. The van der Waals surface area contributed by atoms with Crippen molar-refractivity contribution in [1.82, 2.24) is 5.32 Å². The standard InChI is InChI=1S/C56H103NO5/c1-8-10-11-12-13-14-15-16-17-18-19-20-21-22-23-24-37-60-45-50(44-57-36-38-58-9-2)62-42-40-59-39-41-61-49-32-34-55(6)48(43-49)28-29-51-53-31-30-52(47(5)27-25-26-46(3)4)56(53,7)35-33-54(51)55/h16-17,28,46-47,49-54,57H,8-15,18-27,29-45H2,1-7H3/b17-16-/t47-,49+,50?,51+,52-,53?,54?,55+,56-/m1/s1. The molecule has 4 aliphatic rings. The third kappa shape index (κ3) is 18.5. The summed E-state index contributed by atoms with van der Waals surface area (Å²) in [6.45, 7) is 24.0. The zero-order valence-electron chi connectivity index (χ0n) is 42.1. The van der Waals surface area contributed by atoms with Crippen LogP contribution in [0.2, 0.25) is 0 Å². The lowest BCUT2D eigenvalue weighted by atomic mass is 9.47. The Labute approximate surface area is 385 Å². The van der Waals surface area contributed by atoms with E-state index in [2.05, 4.69) is 65.1 Å². The summed E-state index contributed by atoms with van der Waals surface area (Å²) in [5, 5.41) is 3.49. The van der Waals surface area contributed by atoms with Crippen LogP contribution in [-0.2, 0) is 23.7 Å². The number of hydrogen-bond acceptors (Lipinski definition) is 6. The average Bonchev–Trinajstić information content (AvgIpc) is 3.62. The molecule has 0 saturated heterocycles. The van der Waals surface area contributed by atoms with Gasteiger partial charge in [0.25, 0.3) is 0 Å². The monoisotopic (exact) mass is 870 g/mol. The van der Waals surface area contributed by atoms with E-state index in [-0.39, 0.29) is 6.10 Å². The van der Waals surface area contributed by atoms with Gasteiger partial charge in [0.2, 0.25) is 0 Å². The largest absolute Gasteiger partial charge is 0.380 e. The molecule has 4 aliphatic carbocycles. The molecular weight excluding hydrogens is 767 g/mol. The van der Waals surface area contributed by atoms with Crippen LogP contribution in [-0.4, -0.2) is 78.2 Å². The molecule has 0 amide bonds. The van der Waals surface area contributed by atoms with Crippen molar-refractivity contribution in [3.63, 3.8) is 0 Å². The molecule has 1 N–H and O–H groups in total. The first-order chi connectivity index (χ1) is 30.2. The summed E-state index contributed by atoms with van der Waals surface area (Å²) in [6.07, 6.45) is 41.4. The molecule has 6 nitrogen and oxygen atoms in total. The lowest BCUT2D eigenvalue weighted by Gasteiger charge is -2.58. The Morgan fingerprint density at radius 1 is 0.694 bits per heavy atom. The predicted octanol–water partition coefficient (Wildman–Crippen LogP) is 14.5. The summed E-state index contributed by atoms with van der Waals surface area (Å²) >= 11 is 0. The van der Waals surface area contributed by atoms with Crippen molar-refractivity contribution in [2.45, 2.75) is 221 Å². The zero-order chi connectivity index (χ0) is 44.3. The van der Waals surface area contributed by atoms with Gasteiger partial charge in [-0.05, 0) is 137 Å². The van der Waals surface area contributed by atoms with Crippen LogP contribution in [0.3, 0.4) is 0 Å². The van der Waals surface area contributed by atoms with Crippen molar-refractivity contribution >= 4 is 0 Å². The van der Waals surface area contributed by atoms with E-state index < -0.39 is 0 Å². The molecule has 3 unspecified atom stereocenters.